The summed E-state index contributed by atoms with van der Waals surface area (Å²) in [4.78, 5) is 14.8. The SMILES string of the molecule is CCN1c2cc(C)c(/C=N/NC(=O)c3ccccc3OC)cc2C(C)=CC1(C)C. The van der Waals surface area contributed by atoms with Crippen molar-refractivity contribution < 1.29 is 9.53 Å². The van der Waals surface area contributed by atoms with Crippen molar-refractivity contribution in [3.05, 3.63) is 64.7 Å². The van der Waals surface area contributed by atoms with Gasteiger partial charge < -0.3 is 9.64 Å². The number of hydrogen-bond donors (Lipinski definition) is 1. The number of anilines is 1. The van der Waals surface area contributed by atoms with E-state index in [1.54, 1.807) is 31.5 Å². The highest BCUT2D eigenvalue weighted by Gasteiger charge is 2.30. The van der Waals surface area contributed by atoms with Gasteiger partial charge in [-0.3, -0.25) is 4.79 Å². The van der Waals surface area contributed by atoms with Crippen LogP contribution in [0, 0.1) is 6.92 Å². The van der Waals surface area contributed by atoms with Crippen molar-refractivity contribution in [1.82, 2.24) is 5.43 Å². The fourth-order valence-electron chi connectivity index (χ4n) is 4.01. The molecule has 152 valence electrons. The van der Waals surface area contributed by atoms with Crippen LogP contribution in [0.2, 0.25) is 0 Å². The number of fused-ring (bicyclic) bond motifs is 1. The molecule has 2 aromatic rings. The Morgan fingerprint density at radius 2 is 1.97 bits per heavy atom. The number of hydrogen-bond acceptors (Lipinski definition) is 4. The maximum atomic E-state index is 12.4. The normalized spacial score (nSPS) is 15.1. The van der Waals surface area contributed by atoms with Gasteiger partial charge in [-0.2, -0.15) is 5.10 Å². The molecule has 0 unspecified atom stereocenters. The summed E-state index contributed by atoms with van der Waals surface area (Å²) in [7, 11) is 1.54. The Kier molecular flexibility index (Phi) is 5.78. The first-order valence-corrected chi connectivity index (χ1v) is 9.87. The Balaban J connectivity index is 1.86. The van der Waals surface area contributed by atoms with Crippen LogP contribution in [0.1, 0.15) is 54.7 Å². The lowest BCUT2D eigenvalue weighted by Crippen LogP contribution is -2.45. The first-order chi connectivity index (χ1) is 13.8. The highest BCUT2D eigenvalue weighted by Crippen LogP contribution is 2.39. The minimum Gasteiger partial charge on any atom is -0.496 e. The lowest BCUT2D eigenvalue weighted by atomic mass is 9.87. The number of nitrogens with one attached hydrogen (secondary N) is 1. The Hall–Kier alpha value is -3.08. The average Bonchev–Trinajstić information content (AvgIpc) is 2.68. The highest BCUT2D eigenvalue weighted by atomic mass is 16.5. The van der Waals surface area contributed by atoms with Crippen LogP contribution in [0.5, 0.6) is 5.75 Å². The van der Waals surface area contributed by atoms with E-state index in [4.69, 9.17) is 4.74 Å². The predicted molar refractivity (Wildman–Crippen MR) is 120 cm³/mol. The van der Waals surface area contributed by atoms with Crippen LogP contribution in [-0.2, 0) is 0 Å². The van der Waals surface area contributed by atoms with E-state index in [-0.39, 0.29) is 11.4 Å². The van der Waals surface area contributed by atoms with Crippen LogP contribution in [0.4, 0.5) is 5.69 Å². The van der Waals surface area contributed by atoms with Gasteiger partial charge in [-0.1, -0.05) is 18.2 Å². The summed E-state index contributed by atoms with van der Waals surface area (Å²) in [6.45, 7) is 11.8. The molecule has 3 rings (SSSR count). The lowest BCUT2D eigenvalue weighted by molar-refractivity contribution is 0.0952. The van der Waals surface area contributed by atoms with Gasteiger partial charge in [0.15, 0.2) is 0 Å². The van der Waals surface area contributed by atoms with Crippen LogP contribution in [0.3, 0.4) is 0 Å². The summed E-state index contributed by atoms with van der Waals surface area (Å²) >= 11 is 0. The summed E-state index contributed by atoms with van der Waals surface area (Å²) in [5, 5.41) is 4.18. The fraction of sp³-hybridized carbons (Fsp3) is 0.333. The number of benzene rings is 2. The van der Waals surface area contributed by atoms with Crippen molar-refractivity contribution in [2.45, 2.75) is 40.2 Å². The van der Waals surface area contributed by atoms with E-state index in [9.17, 15) is 4.79 Å². The number of carbonyl (C=O) groups excluding carboxylic acids is 1. The van der Waals surface area contributed by atoms with Crippen LogP contribution < -0.4 is 15.1 Å². The molecule has 0 saturated heterocycles. The molecule has 1 N–H and O–H groups in total. The van der Waals surface area contributed by atoms with E-state index in [1.807, 2.05) is 6.07 Å². The first kappa shape index (κ1) is 20.6. The number of carbonyl (C=O) groups is 1. The summed E-state index contributed by atoms with van der Waals surface area (Å²) in [6, 6.07) is 11.4. The summed E-state index contributed by atoms with van der Waals surface area (Å²) in [5.41, 5.74) is 8.82. The molecule has 5 nitrogen and oxygen atoms in total. The van der Waals surface area contributed by atoms with Crippen molar-refractivity contribution in [2.75, 3.05) is 18.6 Å². The summed E-state index contributed by atoms with van der Waals surface area (Å²) in [6.07, 6.45) is 4.00. The zero-order chi connectivity index (χ0) is 21.2. The van der Waals surface area contributed by atoms with E-state index < -0.39 is 0 Å². The topological polar surface area (TPSA) is 53.9 Å². The molecule has 0 spiro atoms. The number of rotatable bonds is 5. The molecular weight excluding hydrogens is 362 g/mol. The molecule has 0 bridgehead atoms. The Labute approximate surface area is 173 Å². The molecular formula is C24H29N3O2. The fourth-order valence-corrected chi connectivity index (χ4v) is 4.01. The lowest BCUT2D eigenvalue weighted by Gasteiger charge is -2.43. The number of likely N-dealkylation sites (N-methyl/N-ethyl adjacent to an activating group) is 1. The maximum Gasteiger partial charge on any atom is 0.275 e. The average molecular weight is 392 g/mol. The number of amides is 1. The molecule has 1 amide bonds. The molecule has 0 atom stereocenters. The van der Waals surface area contributed by atoms with Crippen LogP contribution in [0.25, 0.3) is 5.57 Å². The summed E-state index contributed by atoms with van der Waals surface area (Å²) in [5.74, 6) is 0.220. The molecule has 0 aliphatic carbocycles. The minimum absolute atomic E-state index is 0.0173. The van der Waals surface area contributed by atoms with Crippen LogP contribution in [-0.4, -0.2) is 31.3 Å². The zero-order valence-corrected chi connectivity index (χ0v) is 18.0. The van der Waals surface area contributed by atoms with E-state index in [2.05, 4.69) is 68.3 Å². The van der Waals surface area contributed by atoms with Gasteiger partial charge in [-0.05, 0) is 75.6 Å². The second kappa shape index (κ2) is 8.11. The molecule has 1 aliphatic rings. The highest BCUT2D eigenvalue weighted by molar-refractivity contribution is 5.97. The van der Waals surface area contributed by atoms with E-state index in [0.717, 1.165) is 17.7 Å². The molecule has 0 aromatic heterocycles. The standard InChI is InChI=1S/C24H29N3O2/c1-7-27-21-12-16(2)18(13-20(21)17(3)14-24(27,4)5)15-25-26-23(28)19-10-8-9-11-22(19)29-6/h8-15H,7H2,1-6H3,(H,26,28)/b25-15+. The number of hydrazone groups is 1. The van der Waals surface area contributed by atoms with Gasteiger partial charge in [-0.15, -0.1) is 0 Å². The van der Waals surface area contributed by atoms with Crippen LogP contribution >= 0.6 is 0 Å². The van der Waals surface area contributed by atoms with Gasteiger partial charge >= 0.3 is 0 Å². The Morgan fingerprint density at radius 3 is 2.66 bits per heavy atom. The number of aryl methyl sites for hydroxylation is 1. The maximum absolute atomic E-state index is 12.4. The van der Waals surface area contributed by atoms with Crippen molar-refractivity contribution in [3.63, 3.8) is 0 Å². The van der Waals surface area contributed by atoms with E-state index in [0.29, 0.717) is 11.3 Å². The summed E-state index contributed by atoms with van der Waals surface area (Å²) < 4.78 is 5.24. The van der Waals surface area contributed by atoms with Gasteiger partial charge in [-0.25, -0.2) is 5.43 Å². The second-order valence-electron chi connectivity index (χ2n) is 7.85. The smallest absolute Gasteiger partial charge is 0.275 e. The van der Waals surface area contributed by atoms with Gasteiger partial charge in [0.2, 0.25) is 0 Å². The molecule has 29 heavy (non-hydrogen) atoms. The second-order valence-corrected chi connectivity index (χ2v) is 7.85. The van der Waals surface area contributed by atoms with Crippen LogP contribution in [0.15, 0.2) is 47.6 Å². The van der Waals surface area contributed by atoms with Gasteiger partial charge in [0.25, 0.3) is 5.91 Å². The monoisotopic (exact) mass is 391 g/mol. The third-order valence-electron chi connectivity index (χ3n) is 5.40. The molecule has 1 aliphatic heterocycles. The van der Waals surface area contributed by atoms with E-state index in [1.165, 1.54) is 16.8 Å². The predicted octanol–water partition coefficient (Wildman–Crippen LogP) is 4.79. The number of methoxy groups -OCH3 is 1. The number of allylic oxidation sites excluding steroid dienone is 1. The molecule has 0 saturated carbocycles. The van der Waals surface area contributed by atoms with Crippen molar-refractivity contribution in [2.24, 2.45) is 5.10 Å². The third kappa shape index (κ3) is 4.04. The third-order valence-corrected chi connectivity index (χ3v) is 5.40. The van der Waals surface area contributed by atoms with Gasteiger partial charge in [0, 0.05) is 17.8 Å². The van der Waals surface area contributed by atoms with Gasteiger partial charge in [0.1, 0.15) is 5.75 Å². The van der Waals surface area contributed by atoms with Crippen molar-refractivity contribution in [1.29, 1.82) is 0 Å². The molecule has 0 radical (unpaired) electrons. The Morgan fingerprint density at radius 1 is 1.24 bits per heavy atom. The number of ether oxygens (including phenoxy) is 1. The zero-order valence-electron chi connectivity index (χ0n) is 18.0. The van der Waals surface area contributed by atoms with Gasteiger partial charge in [0.05, 0.1) is 24.4 Å². The number of nitrogens with zero attached hydrogens (tertiary/aromatic N) is 2. The molecule has 5 heteroatoms. The quantitative estimate of drug-likeness (QED) is 0.589. The van der Waals surface area contributed by atoms with Crippen molar-refractivity contribution >= 4 is 23.4 Å². The largest absolute Gasteiger partial charge is 0.496 e. The molecule has 2 aromatic carbocycles. The molecule has 0 fully saturated rings. The van der Waals surface area contributed by atoms with Crippen molar-refractivity contribution in [3.8, 4) is 5.75 Å². The Bertz CT molecular complexity index is 990. The first-order valence-electron chi connectivity index (χ1n) is 9.87. The minimum atomic E-state index is -0.302. The van der Waals surface area contributed by atoms with E-state index >= 15 is 0 Å². The number of para-hydroxylation sites is 1. The molecule has 1 heterocycles.